The predicted octanol–water partition coefficient (Wildman–Crippen LogP) is 1.52. The van der Waals surface area contributed by atoms with Crippen LogP contribution in [0, 0.1) is 17.1 Å². The van der Waals surface area contributed by atoms with Crippen LogP contribution in [0.3, 0.4) is 0 Å². The quantitative estimate of drug-likeness (QED) is 0.559. The molecule has 18 heavy (non-hydrogen) atoms. The summed E-state index contributed by atoms with van der Waals surface area (Å²) in [5.41, 5.74) is 2.62. The molecule has 0 atom stereocenters. The van der Waals surface area contributed by atoms with E-state index in [1.807, 2.05) is 0 Å². The summed E-state index contributed by atoms with van der Waals surface area (Å²) in [7, 11) is 0. The van der Waals surface area contributed by atoms with E-state index in [0.717, 1.165) is 0 Å². The molecule has 7 heteroatoms. The maximum atomic E-state index is 13.4. The zero-order valence-electron chi connectivity index (χ0n) is 9.18. The fourth-order valence-electron chi connectivity index (χ4n) is 1.38. The van der Waals surface area contributed by atoms with Crippen LogP contribution >= 0.6 is 0 Å². The van der Waals surface area contributed by atoms with Crippen molar-refractivity contribution in [2.24, 2.45) is 5.84 Å². The highest BCUT2D eigenvalue weighted by atomic mass is 19.1. The lowest BCUT2D eigenvalue weighted by Crippen LogP contribution is -2.09. The van der Waals surface area contributed by atoms with Crippen LogP contribution in [0.25, 0.3) is 0 Å². The van der Waals surface area contributed by atoms with Gasteiger partial charge < -0.3 is 10.7 Å². The maximum Gasteiger partial charge on any atom is 0.145 e. The number of hydrazine groups is 1. The Balaban J connectivity index is 2.34. The lowest BCUT2D eigenvalue weighted by molar-refractivity contribution is 0.624. The van der Waals surface area contributed by atoms with E-state index in [0.29, 0.717) is 17.3 Å². The number of hydrogen-bond acceptors (Lipinski definition) is 6. The number of nitrogens with two attached hydrogens (primary N) is 1. The Hall–Kier alpha value is -2.72. The highest BCUT2D eigenvalue weighted by molar-refractivity contribution is 5.65. The second-order valence-corrected chi connectivity index (χ2v) is 3.33. The van der Waals surface area contributed by atoms with Gasteiger partial charge >= 0.3 is 0 Å². The number of benzene rings is 1. The Morgan fingerprint density at radius 3 is 2.78 bits per heavy atom. The molecule has 0 saturated heterocycles. The fourth-order valence-corrected chi connectivity index (χ4v) is 1.38. The standard InChI is InChI=1S/C11H9FN6/c12-8-2-1-3-9(7(8)5-13)17-10-4-11(18-14)16-6-15-10/h1-4,6H,14H2,(H2,15,16,17,18). The molecule has 2 rings (SSSR count). The van der Waals surface area contributed by atoms with Crippen LogP contribution < -0.4 is 16.6 Å². The normalized spacial score (nSPS) is 9.61. The summed E-state index contributed by atoms with van der Waals surface area (Å²) in [5.74, 6) is 5.43. The van der Waals surface area contributed by atoms with Gasteiger partial charge in [-0.15, -0.1) is 0 Å². The number of nitrogens with one attached hydrogen (secondary N) is 2. The Kier molecular flexibility index (Phi) is 3.31. The van der Waals surface area contributed by atoms with Gasteiger partial charge in [0.15, 0.2) is 0 Å². The molecular weight excluding hydrogens is 235 g/mol. The largest absolute Gasteiger partial charge is 0.339 e. The minimum absolute atomic E-state index is 0.0710. The van der Waals surface area contributed by atoms with Gasteiger partial charge in [0.05, 0.1) is 5.69 Å². The maximum absolute atomic E-state index is 13.4. The van der Waals surface area contributed by atoms with E-state index in [1.54, 1.807) is 12.1 Å². The summed E-state index contributed by atoms with van der Waals surface area (Å²) in [6.07, 6.45) is 1.29. The van der Waals surface area contributed by atoms with Gasteiger partial charge in [-0.05, 0) is 12.1 Å². The van der Waals surface area contributed by atoms with Gasteiger partial charge in [0.1, 0.15) is 35.4 Å². The van der Waals surface area contributed by atoms with Crippen LogP contribution in [-0.4, -0.2) is 9.97 Å². The van der Waals surface area contributed by atoms with Gasteiger partial charge in [0, 0.05) is 6.07 Å². The highest BCUT2D eigenvalue weighted by Gasteiger charge is 2.08. The first-order valence-electron chi connectivity index (χ1n) is 4.99. The molecule has 6 nitrogen and oxygen atoms in total. The summed E-state index contributed by atoms with van der Waals surface area (Å²) in [4.78, 5) is 7.77. The molecule has 90 valence electrons. The van der Waals surface area contributed by atoms with Crippen molar-refractivity contribution in [2.75, 3.05) is 10.7 Å². The van der Waals surface area contributed by atoms with Crippen LogP contribution in [-0.2, 0) is 0 Å². The molecule has 1 heterocycles. The summed E-state index contributed by atoms with van der Waals surface area (Å²) < 4.78 is 13.4. The molecule has 0 fully saturated rings. The van der Waals surface area contributed by atoms with E-state index in [1.165, 1.54) is 24.5 Å². The third kappa shape index (κ3) is 2.34. The summed E-state index contributed by atoms with van der Waals surface area (Å²) in [5, 5.41) is 11.7. The third-order valence-electron chi connectivity index (χ3n) is 2.20. The van der Waals surface area contributed by atoms with Gasteiger partial charge in [-0.3, -0.25) is 0 Å². The van der Waals surface area contributed by atoms with E-state index in [4.69, 9.17) is 11.1 Å². The van der Waals surface area contributed by atoms with E-state index in [-0.39, 0.29) is 5.56 Å². The van der Waals surface area contributed by atoms with Crippen LogP contribution in [0.2, 0.25) is 0 Å². The lowest BCUT2D eigenvalue weighted by atomic mass is 10.2. The van der Waals surface area contributed by atoms with Crippen LogP contribution in [0.4, 0.5) is 21.7 Å². The van der Waals surface area contributed by atoms with Crippen LogP contribution in [0.5, 0.6) is 0 Å². The first-order valence-corrected chi connectivity index (χ1v) is 4.99. The average molecular weight is 244 g/mol. The van der Waals surface area contributed by atoms with Crippen molar-refractivity contribution in [3.05, 3.63) is 42.0 Å². The molecule has 0 aliphatic carbocycles. The first-order chi connectivity index (χ1) is 8.74. The third-order valence-corrected chi connectivity index (χ3v) is 2.20. The van der Waals surface area contributed by atoms with Crippen molar-refractivity contribution >= 4 is 17.3 Å². The molecule has 0 amide bonds. The molecule has 0 aliphatic heterocycles. The predicted molar refractivity (Wildman–Crippen MR) is 64.2 cm³/mol. The molecular formula is C11H9FN6. The molecule has 0 spiro atoms. The van der Waals surface area contributed by atoms with Crippen molar-refractivity contribution < 1.29 is 4.39 Å². The highest BCUT2D eigenvalue weighted by Crippen LogP contribution is 2.21. The Morgan fingerprint density at radius 2 is 2.06 bits per heavy atom. The van der Waals surface area contributed by atoms with E-state index < -0.39 is 5.82 Å². The molecule has 0 unspecified atom stereocenters. The number of aromatic nitrogens is 2. The van der Waals surface area contributed by atoms with Gasteiger partial charge in [-0.1, -0.05) is 6.07 Å². The van der Waals surface area contributed by atoms with Crippen molar-refractivity contribution in [1.29, 1.82) is 5.26 Å². The minimum Gasteiger partial charge on any atom is -0.339 e. The van der Waals surface area contributed by atoms with E-state index in [9.17, 15) is 4.39 Å². The van der Waals surface area contributed by atoms with Crippen molar-refractivity contribution in [3.63, 3.8) is 0 Å². The topological polar surface area (TPSA) is 99.7 Å². The molecule has 1 aromatic carbocycles. The molecule has 0 aliphatic rings. The molecule has 4 N–H and O–H groups in total. The zero-order chi connectivity index (χ0) is 13.0. The second kappa shape index (κ2) is 5.07. The van der Waals surface area contributed by atoms with E-state index in [2.05, 4.69) is 20.7 Å². The van der Waals surface area contributed by atoms with Crippen LogP contribution in [0.15, 0.2) is 30.6 Å². The number of nitrogens with zero attached hydrogens (tertiary/aromatic N) is 3. The molecule has 0 saturated carbocycles. The van der Waals surface area contributed by atoms with Crippen LogP contribution in [0.1, 0.15) is 5.56 Å². The van der Waals surface area contributed by atoms with Crippen molar-refractivity contribution in [2.45, 2.75) is 0 Å². The molecule has 1 aromatic heterocycles. The molecule has 0 bridgehead atoms. The first kappa shape index (κ1) is 11.8. The fraction of sp³-hybridized carbons (Fsp3) is 0. The Bertz CT molecular complexity index is 607. The van der Waals surface area contributed by atoms with Gasteiger partial charge in [0.25, 0.3) is 0 Å². The number of rotatable bonds is 3. The Morgan fingerprint density at radius 1 is 1.28 bits per heavy atom. The number of hydrogen-bond donors (Lipinski definition) is 3. The number of anilines is 3. The number of nitriles is 1. The monoisotopic (exact) mass is 244 g/mol. The average Bonchev–Trinajstić information content (AvgIpc) is 2.39. The lowest BCUT2D eigenvalue weighted by Gasteiger charge is -2.08. The SMILES string of the molecule is N#Cc1c(F)cccc1Nc1cc(NN)ncn1. The van der Waals surface area contributed by atoms with Crippen molar-refractivity contribution in [1.82, 2.24) is 9.97 Å². The van der Waals surface area contributed by atoms with Crippen molar-refractivity contribution in [3.8, 4) is 6.07 Å². The van der Waals surface area contributed by atoms with Gasteiger partial charge in [-0.2, -0.15) is 5.26 Å². The summed E-state index contributed by atoms with van der Waals surface area (Å²) in [6.45, 7) is 0. The zero-order valence-corrected chi connectivity index (χ0v) is 9.18. The summed E-state index contributed by atoms with van der Waals surface area (Å²) >= 11 is 0. The van der Waals surface area contributed by atoms with E-state index >= 15 is 0 Å². The molecule has 2 aromatic rings. The number of halogens is 1. The Labute approximate surface area is 102 Å². The number of nitrogen functional groups attached to an aromatic ring is 1. The van der Waals surface area contributed by atoms with Gasteiger partial charge in [0.2, 0.25) is 0 Å². The molecule has 0 radical (unpaired) electrons. The minimum atomic E-state index is -0.589. The second-order valence-electron chi connectivity index (χ2n) is 3.33. The smallest absolute Gasteiger partial charge is 0.145 e. The summed E-state index contributed by atoms with van der Waals surface area (Å²) in [6, 6.07) is 7.63. The van der Waals surface area contributed by atoms with Gasteiger partial charge in [-0.25, -0.2) is 20.2 Å².